The Morgan fingerprint density at radius 3 is 2.48 bits per heavy atom. The van der Waals surface area contributed by atoms with Gasteiger partial charge in [-0.05, 0) is 62.8 Å². The quantitative estimate of drug-likeness (QED) is 0.464. The molecular weight excluding hydrogens is 390 g/mol. The molecule has 4 rings (SSSR count). The number of hydrogen-bond donors (Lipinski definition) is 2. The molecule has 7 heteroatoms. The van der Waals surface area contributed by atoms with Gasteiger partial charge in [-0.25, -0.2) is 0 Å². The van der Waals surface area contributed by atoms with Crippen LogP contribution in [0.15, 0.2) is 23.2 Å². The van der Waals surface area contributed by atoms with Gasteiger partial charge in [-0.3, -0.25) is 9.89 Å². The van der Waals surface area contributed by atoms with Crippen LogP contribution < -0.4 is 20.1 Å². The number of ether oxygens (including phenoxy) is 2. The standard InChI is InChI=1S/C24H39N5O2/c1-4-25-24(26-14-18-7-10-29(16-18)21-5-6-21)27-20-8-9-28(17-20)15-19-11-22(30-2)13-23(12-19)31-3/h11-13,18,20-21H,4-10,14-17H2,1-3H3,(H2,25,26,27). The Balaban J connectivity index is 1.27. The van der Waals surface area contributed by atoms with Gasteiger partial charge in [-0.15, -0.1) is 0 Å². The van der Waals surface area contributed by atoms with Crippen molar-refractivity contribution in [1.29, 1.82) is 0 Å². The molecule has 0 amide bonds. The molecule has 1 aromatic rings. The van der Waals surface area contributed by atoms with Gasteiger partial charge in [0.15, 0.2) is 5.96 Å². The number of benzene rings is 1. The van der Waals surface area contributed by atoms with Gasteiger partial charge in [0, 0.05) is 57.4 Å². The van der Waals surface area contributed by atoms with Crippen LogP contribution in [0.3, 0.4) is 0 Å². The number of nitrogens with one attached hydrogen (secondary N) is 2. The first-order valence-corrected chi connectivity index (χ1v) is 11.9. The fourth-order valence-corrected chi connectivity index (χ4v) is 4.83. The molecule has 1 aliphatic carbocycles. The maximum absolute atomic E-state index is 5.42. The second-order valence-corrected chi connectivity index (χ2v) is 9.19. The summed E-state index contributed by atoms with van der Waals surface area (Å²) in [5, 5.41) is 7.13. The lowest BCUT2D eigenvalue weighted by Gasteiger charge is -2.20. The van der Waals surface area contributed by atoms with Crippen molar-refractivity contribution in [1.82, 2.24) is 20.4 Å². The van der Waals surface area contributed by atoms with Gasteiger partial charge >= 0.3 is 0 Å². The van der Waals surface area contributed by atoms with Gasteiger partial charge in [0.2, 0.25) is 0 Å². The van der Waals surface area contributed by atoms with Gasteiger partial charge in [-0.2, -0.15) is 0 Å². The van der Waals surface area contributed by atoms with Gasteiger partial charge < -0.3 is 25.0 Å². The van der Waals surface area contributed by atoms with Crippen molar-refractivity contribution < 1.29 is 9.47 Å². The minimum atomic E-state index is 0.428. The highest BCUT2D eigenvalue weighted by Gasteiger charge is 2.34. The van der Waals surface area contributed by atoms with Gasteiger partial charge in [0.05, 0.1) is 14.2 Å². The van der Waals surface area contributed by atoms with E-state index >= 15 is 0 Å². The van der Waals surface area contributed by atoms with E-state index < -0.39 is 0 Å². The number of hydrogen-bond acceptors (Lipinski definition) is 5. The van der Waals surface area contributed by atoms with Gasteiger partial charge in [0.25, 0.3) is 0 Å². The van der Waals surface area contributed by atoms with E-state index in [-0.39, 0.29) is 0 Å². The third-order valence-electron chi connectivity index (χ3n) is 6.66. The highest BCUT2D eigenvalue weighted by molar-refractivity contribution is 5.80. The number of aliphatic imine (C=N–C) groups is 1. The first kappa shape index (κ1) is 22.2. The van der Waals surface area contributed by atoms with Crippen molar-refractivity contribution in [3.63, 3.8) is 0 Å². The van der Waals surface area contributed by atoms with Crippen LogP contribution >= 0.6 is 0 Å². The summed E-state index contributed by atoms with van der Waals surface area (Å²) < 4.78 is 10.8. The van der Waals surface area contributed by atoms with E-state index in [1.54, 1.807) is 14.2 Å². The number of likely N-dealkylation sites (tertiary alicyclic amines) is 2. The minimum absolute atomic E-state index is 0.428. The van der Waals surface area contributed by atoms with E-state index in [0.29, 0.717) is 12.0 Å². The topological polar surface area (TPSA) is 61.4 Å². The number of methoxy groups -OCH3 is 2. The molecular formula is C24H39N5O2. The van der Waals surface area contributed by atoms with E-state index in [9.17, 15) is 0 Å². The molecule has 2 unspecified atom stereocenters. The van der Waals surface area contributed by atoms with Crippen LogP contribution in [0.2, 0.25) is 0 Å². The average Bonchev–Trinajstić information content (AvgIpc) is 3.37. The molecule has 0 spiro atoms. The highest BCUT2D eigenvalue weighted by atomic mass is 16.5. The number of guanidine groups is 1. The number of rotatable bonds is 9. The zero-order valence-electron chi connectivity index (χ0n) is 19.4. The van der Waals surface area contributed by atoms with Crippen LogP contribution in [0.1, 0.15) is 38.2 Å². The fourth-order valence-electron chi connectivity index (χ4n) is 4.83. The lowest BCUT2D eigenvalue weighted by atomic mass is 10.1. The second kappa shape index (κ2) is 10.6. The molecule has 0 bridgehead atoms. The molecule has 0 aromatic heterocycles. The third kappa shape index (κ3) is 6.26. The summed E-state index contributed by atoms with van der Waals surface area (Å²) in [6, 6.07) is 7.43. The summed E-state index contributed by atoms with van der Waals surface area (Å²) >= 11 is 0. The average molecular weight is 430 g/mol. The van der Waals surface area contributed by atoms with Crippen molar-refractivity contribution in [3.8, 4) is 11.5 Å². The molecule has 2 N–H and O–H groups in total. The molecule has 2 saturated heterocycles. The summed E-state index contributed by atoms with van der Waals surface area (Å²) in [4.78, 5) is 10.1. The van der Waals surface area contributed by atoms with E-state index in [0.717, 1.165) is 62.6 Å². The van der Waals surface area contributed by atoms with E-state index in [4.69, 9.17) is 14.5 Å². The Hall–Kier alpha value is -1.99. The van der Waals surface area contributed by atoms with Crippen molar-refractivity contribution in [2.24, 2.45) is 10.9 Å². The van der Waals surface area contributed by atoms with Crippen molar-refractivity contribution in [3.05, 3.63) is 23.8 Å². The smallest absolute Gasteiger partial charge is 0.191 e. The van der Waals surface area contributed by atoms with Crippen LogP contribution in [0.25, 0.3) is 0 Å². The van der Waals surface area contributed by atoms with E-state index in [2.05, 4.69) is 39.5 Å². The lowest BCUT2D eigenvalue weighted by molar-refractivity contribution is 0.315. The zero-order valence-corrected chi connectivity index (χ0v) is 19.4. The first-order chi connectivity index (χ1) is 15.2. The molecule has 2 heterocycles. The third-order valence-corrected chi connectivity index (χ3v) is 6.66. The van der Waals surface area contributed by atoms with Crippen LogP contribution in [0, 0.1) is 5.92 Å². The van der Waals surface area contributed by atoms with Crippen LogP contribution in [-0.4, -0.2) is 81.3 Å². The zero-order chi connectivity index (χ0) is 21.6. The molecule has 0 radical (unpaired) electrons. The van der Waals surface area contributed by atoms with E-state index in [1.165, 1.54) is 37.9 Å². The molecule has 31 heavy (non-hydrogen) atoms. The van der Waals surface area contributed by atoms with Gasteiger partial charge in [-0.1, -0.05) is 0 Å². The summed E-state index contributed by atoms with van der Waals surface area (Å²) in [6.07, 6.45) is 5.23. The fraction of sp³-hybridized carbons (Fsp3) is 0.708. The normalized spacial score (nSPS) is 25.1. The molecule has 3 fully saturated rings. The Labute approximate surface area is 187 Å². The Bertz CT molecular complexity index is 729. The van der Waals surface area contributed by atoms with Crippen LogP contribution in [0.4, 0.5) is 0 Å². The first-order valence-electron chi connectivity index (χ1n) is 11.9. The van der Waals surface area contributed by atoms with Crippen molar-refractivity contribution >= 4 is 5.96 Å². The molecule has 172 valence electrons. The SMILES string of the molecule is CCNC(=NCC1CCN(C2CC2)C1)NC1CCN(Cc2cc(OC)cc(OC)c2)C1. The molecule has 7 nitrogen and oxygen atoms in total. The molecule has 3 aliphatic rings. The summed E-state index contributed by atoms with van der Waals surface area (Å²) in [5.41, 5.74) is 1.22. The van der Waals surface area contributed by atoms with E-state index in [1.807, 2.05) is 6.07 Å². The van der Waals surface area contributed by atoms with Crippen LogP contribution in [-0.2, 0) is 6.54 Å². The monoisotopic (exact) mass is 429 g/mol. The predicted molar refractivity (Wildman–Crippen MR) is 125 cm³/mol. The lowest BCUT2D eigenvalue weighted by Crippen LogP contribution is -2.44. The second-order valence-electron chi connectivity index (χ2n) is 9.19. The van der Waals surface area contributed by atoms with Gasteiger partial charge in [0.1, 0.15) is 11.5 Å². The molecule has 2 aliphatic heterocycles. The summed E-state index contributed by atoms with van der Waals surface area (Å²) in [7, 11) is 3.40. The molecule has 2 atom stereocenters. The summed E-state index contributed by atoms with van der Waals surface area (Å²) in [6.45, 7) is 9.45. The Morgan fingerprint density at radius 1 is 1.03 bits per heavy atom. The van der Waals surface area contributed by atoms with Crippen molar-refractivity contribution in [2.75, 3.05) is 53.5 Å². The molecule has 1 saturated carbocycles. The number of nitrogens with zero attached hydrogens (tertiary/aromatic N) is 3. The highest BCUT2D eigenvalue weighted by Crippen LogP contribution is 2.31. The largest absolute Gasteiger partial charge is 0.497 e. The van der Waals surface area contributed by atoms with Crippen molar-refractivity contribution in [2.45, 2.75) is 51.2 Å². The Kier molecular flexibility index (Phi) is 7.56. The molecule has 1 aromatic carbocycles. The maximum Gasteiger partial charge on any atom is 0.191 e. The predicted octanol–water partition coefficient (Wildman–Crippen LogP) is 2.32. The summed E-state index contributed by atoms with van der Waals surface area (Å²) in [5.74, 6) is 3.37. The maximum atomic E-state index is 5.42. The Morgan fingerprint density at radius 2 is 1.81 bits per heavy atom. The van der Waals surface area contributed by atoms with Crippen LogP contribution in [0.5, 0.6) is 11.5 Å². The minimum Gasteiger partial charge on any atom is -0.497 e.